The van der Waals surface area contributed by atoms with Crippen LogP contribution in [-0.2, 0) is 25.7 Å². The lowest BCUT2D eigenvalue weighted by Gasteiger charge is -2.35. The molecule has 6 amide bonds. The van der Waals surface area contributed by atoms with E-state index in [-0.39, 0.29) is 73.0 Å². The number of carbonyl (C=O) groups excluding carboxylic acids is 6. The van der Waals surface area contributed by atoms with Crippen LogP contribution in [0.15, 0.2) is 77.8 Å². The van der Waals surface area contributed by atoms with Crippen molar-refractivity contribution in [3.05, 3.63) is 100 Å². The molecule has 0 aliphatic carbocycles. The van der Waals surface area contributed by atoms with Gasteiger partial charge in [-0.05, 0) is 73.7 Å². The molecule has 0 bridgehead atoms. The number of rotatable bonds is 20. The molecule has 0 spiro atoms. The molecule has 3 aromatic heterocycles. The first kappa shape index (κ1) is 53.2. The molecular formula is C52H64N10O8S2. The van der Waals surface area contributed by atoms with Gasteiger partial charge in [0.15, 0.2) is 11.7 Å². The Bertz CT molecular complexity index is 2680. The van der Waals surface area contributed by atoms with Crippen LogP contribution in [0.1, 0.15) is 91.3 Å². The molecule has 5 N–H and O–H groups in total. The summed E-state index contributed by atoms with van der Waals surface area (Å²) in [6, 6.07) is 16.1. The molecule has 0 radical (unpaired) electrons. The Hall–Kier alpha value is -6.61. The number of aromatic nitrogens is 3. The number of likely N-dealkylation sites (N-methyl/N-ethyl adjacent to an activating group) is 1. The van der Waals surface area contributed by atoms with Gasteiger partial charge in [-0.3, -0.25) is 39.1 Å². The maximum absolute atomic E-state index is 14.1. The maximum atomic E-state index is 14.1. The quantitative estimate of drug-likeness (QED) is 0.0607. The zero-order chi connectivity index (χ0) is 51.4. The lowest BCUT2D eigenvalue weighted by molar-refractivity contribution is -0.144. The lowest BCUT2D eigenvalue weighted by Crippen LogP contribution is -2.57. The summed E-state index contributed by atoms with van der Waals surface area (Å²) in [5, 5.41) is 24.3. The van der Waals surface area contributed by atoms with Gasteiger partial charge in [0.05, 0.1) is 27.9 Å². The van der Waals surface area contributed by atoms with E-state index in [0.29, 0.717) is 55.4 Å². The first-order chi connectivity index (χ1) is 34.5. The van der Waals surface area contributed by atoms with Crippen LogP contribution in [0.5, 0.6) is 5.75 Å². The maximum Gasteiger partial charge on any atom is 0.257 e. The molecule has 5 aromatic rings. The highest BCUT2D eigenvalue weighted by molar-refractivity contribution is 7.14. The highest BCUT2D eigenvalue weighted by Crippen LogP contribution is 2.30. The number of amides is 6. The molecule has 2 aromatic carbocycles. The average molecular weight is 1020 g/mol. The minimum Gasteiger partial charge on any atom is -0.484 e. The van der Waals surface area contributed by atoms with E-state index in [1.54, 1.807) is 39.9 Å². The van der Waals surface area contributed by atoms with E-state index in [0.717, 1.165) is 41.2 Å². The number of carbonyl (C=O) groups is 6. The Morgan fingerprint density at radius 1 is 0.861 bits per heavy atom. The SMILES string of the molecule is Cc1ncsc1-c1ccc(CNC(=O)[C@@H]2C[C@@H](O)CN2C(=O)[C@@H](NC(=O)CCCCCCNC(=O)COc2cc(C(=O)Nc3nc(-c4ccccn4)cs3)cc(C(=O)N3CCN(C)CC3)c2)C(C)(C)C)cc1. The van der Waals surface area contributed by atoms with Crippen LogP contribution in [0.25, 0.3) is 21.8 Å². The minimum atomic E-state index is -0.926. The smallest absolute Gasteiger partial charge is 0.257 e. The molecule has 20 heteroatoms. The van der Waals surface area contributed by atoms with Gasteiger partial charge in [-0.15, -0.1) is 22.7 Å². The molecule has 382 valence electrons. The van der Waals surface area contributed by atoms with E-state index in [2.05, 4.69) is 41.1 Å². The summed E-state index contributed by atoms with van der Waals surface area (Å²) >= 11 is 2.81. The van der Waals surface area contributed by atoms with Crippen molar-refractivity contribution in [2.75, 3.05) is 58.2 Å². The van der Waals surface area contributed by atoms with Gasteiger partial charge in [0.25, 0.3) is 17.7 Å². The number of aliphatic hydroxyl groups is 1. The van der Waals surface area contributed by atoms with Crippen LogP contribution in [0.4, 0.5) is 5.13 Å². The van der Waals surface area contributed by atoms with Crippen molar-refractivity contribution in [3.63, 3.8) is 0 Å². The fourth-order valence-corrected chi connectivity index (χ4v) is 9.98. The van der Waals surface area contributed by atoms with Gasteiger partial charge in [0.1, 0.15) is 23.5 Å². The van der Waals surface area contributed by atoms with Crippen LogP contribution >= 0.6 is 22.7 Å². The highest BCUT2D eigenvalue weighted by atomic mass is 32.1. The van der Waals surface area contributed by atoms with E-state index < -0.39 is 35.4 Å². The monoisotopic (exact) mass is 1020 g/mol. The fraction of sp³-hybridized carbons (Fsp3) is 0.442. The van der Waals surface area contributed by atoms with E-state index >= 15 is 0 Å². The molecule has 5 heterocycles. The van der Waals surface area contributed by atoms with Crippen LogP contribution in [0.3, 0.4) is 0 Å². The predicted octanol–water partition coefficient (Wildman–Crippen LogP) is 5.53. The second-order valence-corrected chi connectivity index (χ2v) is 21.0. The van der Waals surface area contributed by atoms with Gasteiger partial charge in [-0.25, -0.2) is 9.97 Å². The molecule has 72 heavy (non-hydrogen) atoms. The lowest BCUT2D eigenvalue weighted by atomic mass is 9.85. The molecule has 18 nitrogen and oxygen atoms in total. The van der Waals surface area contributed by atoms with Gasteiger partial charge in [-0.1, -0.05) is 63.9 Å². The van der Waals surface area contributed by atoms with Crippen molar-refractivity contribution < 1.29 is 38.6 Å². The molecule has 3 atom stereocenters. The third-order valence-corrected chi connectivity index (χ3v) is 14.3. The van der Waals surface area contributed by atoms with Crippen LogP contribution < -0.4 is 26.0 Å². The van der Waals surface area contributed by atoms with Crippen molar-refractivity contribution in [1.29, 1.82) is 0 Å². The number of unbranched alkanes of at least 4 members (excludes halogenated alkanes) is 3. The summed E-state index contributed by atoms with van der Waals surface area (Å²) in [5.74, 6) is -2.00. The van der Waals surface area contributed by atoms with E-state index in [9.17, 15) is 33.9 Å². The third kappa shape index (κ3) is 14.5. The van der Waals surface area contributed by atoms with Crippen LogP contribution in [0, 0.1) is 12.3 Å². The number of nitrogens with zero attached hydrogens (tertiary/aromatic N) is 6. The number of aryl methyl sites for hydroxylation is 1. The summed E-state index contributed by atoms with van der Waals surface area (Å²) in [6.07, 6.45) is 3.69. The topological polar surface area (TPSA) is 228 Å². The Balaban J connectivity index is 0.841. The number of hydrogen-bond acceptors (Lipinski definition) is 14. The average Bonchev–Trinajstić information content (AvgIpc) is 4.13. The summed E-state index contributed by atoms with van der Waals surface area (Å²) < 4.78 is 5.86. The summed E-state index contributed by atoms with van der Waals surface area (Å²) in [7, 11) is 2.00. The van der Waals surface area contributed by atoms with Gasteiger partial charge >= 0.3 is 0 Å². The Labute approximate surface area is 428 Å². The minimum absolute atomic E-state index is 0.0142. The molecule has 2 saturated heterocycles. The normalized spacial score (nSPS) is 16.5. The number of thiazole rings is 2. The molecule has 0 saturated carbocycles. The number of piperazine rings is 1. The zero-order valence-electron chi connectivity index (χ0n) is 41.4. The molecular weight excluding hydrogens is 957 g/mol. The number of benzene rings is 2. The highest BCUT2D eigenvalue weighted by Gasteiger charge is 2.44. The molecule has 7 rings (SSSR count). The zero-order valence-corrected chi connectivity index (χ0v) is 43.1. The Morgan fingerprint density at radius 3 is 2.32 bits per heavy atom. The molecule has 0 unspecified atom stereocenters. The van der Waals surface area contributed by atoms with Gasteiger partial charge in [0.2, 0.25) is 17.7 Å². The van der Waals surface area contributed by atoms with Crippen molar-refractivity contribution in [2.24, 2.45) is 5.41 Å². The van der Waals surface area contributed by atoms with Gasteiger partial charge in [-0.2, -0.15) is 0 Å². The third-order valence-electron chi connectivity index (χ3n) is 12.6. The van der Waals surface area contributed by atoms with Crippen molar-refractivity contribution in [3.8, 4) is 27.6 Å². The number of pyridine rings is 1. The standard InChI is InChI=1S/C52H64N10O8S2/c1-33-45(72-32-56-33)35-16-14-34(15-17-35)28-55-48(67)42-27-38(63)29-62(42)50(69)46(52(2,3)4)58-43(64)13-8-6-7-10-19-54-44(65)30-70-39-25-36(24-37(26-39)49(68)61-22-20-60(5)21-23-61)47(66)59-51-57-41(31-71-51)40-12-9-11-18-53-40/h9,11-12,14-18,24-26,31-32,38,42,46,63H,6-8,10,13,19-23,27-30H2,1-5H3,(H,54,65)(H,55,67)(H,58,64)(H,57,59,66)/t38-,42+,46-/m1/s1. The molecule has 2 aliphatic rings. The number of nitrogens with one attached hydrogen (secondary N) is 4. The van der Waals surface area contributed by atoms with Crippen LogP contribution in [0.2, 0.25) is 0 Å². The number of hydrogen-bond donors (Lipinski definition) is 5. The molecule has 2 fully saturated rings. The van der Waals surface area contributed by atoms with Crippen LogP contribution in [-0.4, -0.2) is 141 Å². The largest absolute Gasteiger partial charge is 0.484 e. The van der Waals surface area contributed by atoms with Crippen molar-refractivity contribution in [1.82, 2.24) is 45.6 Å². The van der Waals surface area contributed by atoms with Crippen molar-refractivity contribution >= 4 is 63.2 Å². The number of β-amino-alcohol motifs (C(OH)–C–C–N with tert-alkyl or cyclic N) is 1. The van der Waals surface area contributed by atoms with Gasteiger partial charge in [0, 0.05) is 81.4 Å². The van der Waals surface area contributed by atoms with Crippen molar-refractivity contribution in [2.45, 2.75) is 91.0 Å². The number of aliphatic hydroxyl groups excluding tert-OH is 1. The molecule has 2 aliphatic heterocycles. The number of ether oxygens (including phenoxy) is 1. The second-order valence-electron chi connectivity index (χ2n) is 19.3. The van der Waals surface area contributed by atoms with E-state index in [4.69, 9.17) is 4.74 Å². The first-order valence-electron chi connectivity index (χ1n) is 24.3. The summed E-state index contributed by atoms with van der Waals surface area (Å²) in [5.41, 5.74) is 5.74. The Morgan fingerprint density at radius 2 is 1.61 bits per heavy atom. The Kier molecular flexibility index (Phi) is 18.2. The fourth-order valence-electron chi connectivity index (χ4n) is 8.47. The van der Waals surface area contributed by atoms with E-state index in [1.807, 2.05) is 76.7 Å². The summed E-state index contributed by atoms with van der Waals surface area (Å²) in [4.78, 5) is 100. The van der Waals surface area contributed by atoms with E-state index in [1.165, 1.54) is 28.4 Å². The predicted molar refractivity (Wildman–Crippen MR) is 276 cm³/mol. The second kappa shape index (κ2) is 24.7. The number of anilines is 1. The summed E-state index contributed by atoms with van der Waals surface area (Å²) in [6.45, 7) is 10.3. The number of likely N-dealkylation sites (tertiary alicyclic amines) is 1. The van der Waals surface area contributed by atoms with Gasteiger partial charge < -0.3 is 40.5 Å². The first-order valence-corrected chi connectivity index (χ1v) is 26.0.